The smallest absolute Gasteiger partial charge is 0.197 e. The zero-order valence-electron chi connectivity index (χ0n) is 25.7. The second-order valence-electron chi connectivity index (χ2n) is 13.3. The van der Waals surface area contributed by atoms with Crippen LogP contribution in [0.1, 0.15) is 63.7 Å². The third kappa shape index (κ3) is 4.50. The van der Waals surface area contributed by atoms with Crippen molar-refractivity contribution in [3.05, 3.63) is 154 Å². The van der Waals surface area contributed by atoms with Crippen LogP contribution in [0.5, 0.6) is 0 Å². The summed E-state index contributed by atoms with van der Waals surface area (Å²) >= 11 is 0. The van der Waals surface area contributed by atoms with Crippen LogP contribution in [-0.2, 0) is 18.3 Å². The molecule has 1 aliphatic heterocycles. The average Bonchev–Trinajstić information content (AvgIpc) is 3.17. The number of carbonyl (C=O) groups is 2. The molecule has 0 unspecified atom stereocenters. The summed E-state index contributed by atoms with van der Waals surface area (Å²) in [6, 6.07) is 39.9. The van der Waals surface area contributed by atoms with Crippen LogP contribution in [0.4, 0.5) is 17.1 Å². The highest BCUT2D eigenvalue weighted by molar-refractivity contribution is 6.42. The number of Topliss-reactive ketones (excluding diaryl/α,β-unsaturated/α-hetero) is 2. The number of nitrogens with zero attached hydrogens (tertiary/aromatic N) is 1. The fourth-order valence-electron chi connectivity index (χ4n) is 6.99. The average molecular weight is 584 g/mol. The maximum Gasteiger partial charge on any atom is 0.197 e. The van der Waals surface area contributed by atoms with Gasteiger partial charge in [0.2, 0.25) is 0 Å². The van der Waals surface area contributed by atoms with E-state index in [1.54, 1.807) is 6.08 Å². The highest BCUT2D eigenvalue weighted by Gasteiger charge is 2.33. The van der Waals surface area contributed by atoms with E-state index in [9.17, 15) is 9.59 Å². The lowest BCUT2D eigenvalue weighted by Crippen LogP contribution is -2.14. The molecule has 6 aromatic carbocycles. The van der Waals surface area contributed by atoms with E-state index in [-0.39, 0.29) is 22.6 Å². The Hall–Kier alpha value is -5.28. The van der Waals surface area contributed by atoms with Crippen molar-refractivity contribution < 1.29 is 9.59 Å². The van der Waals surface area contributed by atoms with Gasteiger partial charge in [0.05, 0.1) is 5.57 Å². The van der Waals surface area contributed by atoms with Gasteiger partial charge in [-0.1, -0.05) is 93.6 Å². The summed E-state index contributed by atoms with van der Waals surface area (Å²) in [5, 5.41) is 4.22. The van der Waals surface area contributed by atoms with Gasteiger partial charge in [0.25, 0.3) is 0 Å². The highest BCUT2D eigenvalue weighted by Crippen LogP contribution is 2.44. The lowest BCUT2D eigenvalue weighted by Gasteiger charge is -2.29. The van der Waals surface area contributed by atoms with E-state index < -0.39 is 0 Å². The molecule has 45 heavy (non-hydrogen) atoms. The van der Waals surface area contributed by atoms with Crippen LogP contribution >= 0.6 is 0 Å². The maximum atomic E-state index is 13.4. The molecule has 1 heterocycles. The van der Waals surface area contributed by atoms with Crippen molar-refractivity contribution in [2.75, 3.05) is 4.90 Å². The maximum absolute atomic E-state index is 13.4. The van der Waals surface area contributed by atoms with Gasteiger partial charge in [-0.05, 0) is 111 Å². The normalized spacial score (nSPS) is 14.4. The molecule has 0 aromatic heterocycles. The number of fused-ring (bicyclic) bond motifs is 6. The van der Waals surface area contributed by atoms with E-state index in [2.05, 4.69) is 98.5 Å². The Labute approximate surface area is 263 Å². The van der Waals surface area contributed by atoms with Gasteiger partial charge < -0.3 is 4.90 Å². The highest BCUT2D eigenvalue weighted by atomic mass is 16.2. The fraction of sp³-hybridized carbons (Fsp3) is 0.143. The quantitative estimate of drug-likeness (QED) is 0.150. The summed E-state index contributed by atoms with van der Waals surface area (Å²) in [5.74, 6) is -0.401. The van der Waals surface area contributed by atoms with Crippen LogP contribution in [0.15, 0.2) is 121 Å². The fourth-order valence-corrected chi connectivity index (χ4v) is 6.99. The van der Waals surface area contributed by atoms with Gasteiger partial charge in [0.15, 0.2) is 11.6 Å². The Kier molecular flexibility index (Phi) is 6.15. The summed E-state index contributed by atoms with van der Waals surface area (Å²) in [4.78, 5) is 29.2. The van der Waals surface area contributed by atoms with Crippen molar-refractivity contribution in [2.45, 2.75) is 39.0 Å². The van der Waals surface area contributed by atoms with E-state index in [1.165, 1.54) is 33.5 Å². The molecule has 0 spiro atoms. The van der Waals surface area contributed by atoms with Crippen LogP contribution in [0.3, 0.4) is 0 Å². The molecule has 3 heteroatoms. The molecule has 0 amide bonds. The Balaban J connectivity index is 1.21. The van der Waals surface area contributed by atoms with Gasteiger partial charge in [-0.3, -0.25) is 9.59 Å². The summed E-state index contributed by atoms with van der Waals surface area (Å²) in [6.07, 6.45) is 3.63. The van der Waals surface area contributed by atoms with Crippen molar-refractivity contribution >= 4 is 56.2 Å². The van der Waals surface area contributed by atoms with Gasteiger partial charge >= 0.3 is 0 Å². The predicted octanol–water partition coefficient (Wildman–Crippen LogP) is 10.3. The first-order valence-corrected chi connectivity index (χ1v) is 15.6. The third-order valence-electron chi connectivity index (χ3n) is 9.42. The lowest BCUT2D eigenvalue weighted by molar-refractivity contribution is 0.0990. The number of aryl methyl sites for hydroxylation is 2. The van der Waals surface area contributed by atoms with E-state index in [4.69, 9.17) is 0 Å². The molecule has 0 atom stereocenters. The van der Waals surface area contributed by atoms with Crippen LogP contribution in [0.2, 0.25) is 0 Å². The Morgan fingerprint density at radius 3 is 1.98 bits per heavy atom. The molecule has 8 rings (SSSR count). The largest absolute Gasteiger partial charge is 0.310 e. The monoisotopic (exact) mass is 583 g/mol. The molecule has 0 N–H and O–H groups in total. The minimum atomic E-state index is -0.200. The van der Waals surface area contributed by atoms with Crippen LogP contribution < -0.4 is 4.90 Å². The van der Waals surface area contributed by atoms with Crippen LogP contribution in [-0.4, -0.2) is 11.6 Å². The SMILES string of the molecule is CC(C)(C)c1ccc(N2c3ccccc3CCc3c2ccc2cc(C=C4C(=O)c5cc6ccccc6cc5C4=O)ccc32)cc1. The first-order valence-electron chi connectivity index (χ1n) is 15.6. The summed E-state index contributed by atoms with van der Waals surface area (Å²) in [6.45, 7) is 6.73. The third-order valence-corrected chi connectivity index (χ3v) is 9.42. The number of para-hydroxylation sites is 1. The zero-order chi connectivity index (χ0) is 30.9. The minimum Gasteiger partial charge on any atom is -0.310 e. The number of benzene rings is 6. The summed E-state index contributed by atoms with van der Waals surface area (Å²) < 4.78 is 0. The van der Waals surface area contributed by atoms with Gasteiger partial charge in [-0.25, -0.2) is 0 Å². The van der Waals surface area contributed by atoms with E-state index in [0.717, 1.165) is 40.3 Å². The molecular formula is C42H33NO2. The number of hydrogen-bond donors (Lipinski definition) is 0. The van der Waals surface area contributed by atoms with E-state index >= 15 is 0 Å². The number of ketones is 2. The molecule has 6 aromatic rings. The predicted molar refractivity (Wildman–Crippen MR) is 185 cm³/mol. The Morgan fingerprint density at radius 2 is 1.29 bits per heavy atom. The van der Waals surface area contributed by atoms with Crippen LogP contribution in [0.25, 0.3) is 27.6 Å². The molecule has 0 saturated carbocycles. The van der Waals surface area contributed by atoms with Gasteiger partial charge in [-0.2, -0.15) is 0 Å². The number of anilines is 3. The van der Waals surface area contributed by atoms with Crippen LogP contribution in [0, 0.1) is 0 Å². The number of rotatable bonds is 2. The molecule has 0 bridgehead atoms. The topological polar surface area (TPSA) is 37.4 Å². The van der Waals surface area contributed by atoms with Gasteiger partial charge in [-0.15, -0.1) is 0 Å². The number of allylic oxidation sites excluding steroid dienone is 1. The molecule has 2 aliphatic rings. The first-order chi connectivity index (χ1) is 21.8. The van der Waals surface area contributed by atoms with Crippen molar-refractivity contribution in [1.82, 2.24) is 0 Å². The van der Waals surface area contributed by atoms with Gasteiger partial charge in [0, 0.05) is 28.2 Å². The number of carbonyl (C=O) groups excluding carboxylic acids is 2. The minimum absolute atomic E-state index is 0.0843. The molecule has 3 nitrogen and oxygen atoms in total. The Morgan fingerprint density at radius 1 is 0.622 bits per heavy atom. The van der Waals surface area contributed by atoms with Crippen molar-refractivity contribution in [1.29, 1.82) is 0 Å². The van der Waals surface area contributed by atoms with E-state index in [0.29, 0.717) is 11.1 Å². The standard InChI is InChI=1S/C42H33NO2/c1-42(2,3)31-15-17-32(18-16-31)43-38-11-7-6-8-27(38)13-20-34-33-19-12-26(22-30(33)14-21-39(34)43)23-37-40(44)35-24-28-9-4-5-10-29(28)25-36(35)41(37)45/h4-12,14-19,21-25H,13,20H2,1-3H3. The Bertz CT molecular complexity index is 2170. The zero-order valence-corrected chi connectivity index (χ0v) is 25.7. The molecule has 0 saturated heterocycles. The number of hydrogen-bond acceptors (Lipinski definition) is 3. The second-order valence-corrected chi connectivity index (χ2v) is 13.3. The second kappa shape index (κ2) is 10.1. The molecule has 1 aliphatic carbocycles. The first kappa shape index (κ1) is 27.3. The van der Waals surface area contributed by atoms with Gasteiger partial charge in [0.1, 0.15) is 0 Å². The lowest BCUT2D eigenvalue weighted by atomic mass is 9.87. The summed E-state index contributed by atoms with van der Waals surface area (Å²) in [5.41, 5.74) is 9.63. The van der Waals surface area contributed by atoms with Crippen molar-refractivity contribution in [3.8, 4) is 0 Å². The molecular weight excluding hydrogens is 550 g/mol. The molecule has 0 radical (unpaired) electrons. The van der Waals surface area contributed by atoms with E-state index in [1.807, 2.05) is 42.5 Å². The van der Waals surface area contributed by atoms with Crippen molar-refractivity contribution in [3.63, 3.8) is 0 Å². The van der Waals surface area contributed by atoms with Crippen molar-refractivity contribution in [2.24, 2.45) is 0 Å². The molecule has 218 valence electrons. The molecule has 0 fully saturated rings. The summed E-state index contributed by atoms with van der Waals surface area (Å²) in [7, 11) is 0.